The third-order valence-electron chi connectivity index (χ3n) is 3.82. The maximum absolute atomic E-state index is 11.5. The van der Waals surface area contributed by atoms with Gasteiger partial charge in [0.2, 0.25) is 5.91 Å². The molecule has 1 aromatic carbocycles. The average molecular weight is 298 g/mol. The first-order valence-electron chi connectivity index (χ1n) is 7.85. The van der Waals surface area contributed by atoms with Crippen molar-refractivity contribution in [3.63, 3.8) is 0 Å². The summed E-state index contributed by atoms with van der Waals surface area (Å²) in [7, 11) is 0. The Balaban J connectivity index is 2.02. The van der Waals surface area contributed by atoms with E-state index < -0.39 is 0 Å². The van der Waals surface area contributed by atoms with Crippen molar-refractivity contribution in [1.29, 1.82) is 0 Å². The van der Waals surface area contributed by atoms with Crippen LogP contribution in [0.15, 0.2) is 24.3 Å². The minimum atomic E-state index is -0.0403. The first-order valence-corrected chi connectivity index (χ1v) is 7.85. The molecule has 1 fully saturated rings. The van der Waals surface area contributed by atoms with Crippen LogP contribution >= 0.6 is 0 Å². The number of aromatic nitrogens is 3. The Kier molecular flexibility index (Phi) is 3.96. The van der Waals surface area contributed by atoms with Gasteiger partial charge in [-0.05, 0) is 37.0 Å². The van der Waals surface area contributed by atoms with E-state index in [1.165, 1.54) is 5.56 Å². The molecule has 2 heterocycles. The van der Waals surface area contributed by atoms with Crippen LogP contribution in [0.2, 0.25) is 0 Å². The molecule has 1 atom stereocenters. The number of benzene rings is 1. The van der Waals surface area contributed by atoms with Gasteiger partial charge in [0.15, 0.2) is 11.6 Å². The van der Waals surface area contributed by atoms with Gasteiger partial charge in [-0.2, -0.15) is 5.10 Å². The largest absolute Gasteiger partial charge is 0.346 e. The van der Waals surface area contributed by atoms with Gasteiger partial charge in [0.05, 0.1) is 11.7 Å². The molecule has 116 valence electrons. The third-order valence-corrected chi connectivity index (χ3v) is 3.82. The Morgan fingerprint density at radius 1 is 1.41 bits per heavy atom. The predicted octanol–water partition coefficient (Wildman–Crippen LogP) is 2.73. The van der Waals surface area contributed by atoms with Crippen LogP contribution in [0.25, 0.3) is 5.69 Å². The van der Waals surface area contributed by atoms with E-state index >= 15 is 0 Å². The predicted molar refractivity (Wildman–Crippen MR) is 84.8 cm³/mol. The van der Waals surface area contributed by atoms with Crippen LogP contribution in [-0.2, 0) is 11.2 Å². The fourth-order valence-electron chi connectivity index (χ4n) is 2.80. The smallest absolute Gasteiger partial charge is 0.220 e. The van der Waals surface area contributed by atoms with Gasteiger partial charge in [-0.25, -0.2) is 9.67 Å². The lowest BCUT2D eigenvalue weighted by atomic mass is 10.1. The molecule has 0 saturated carbocycles. The highest BCUT2D eigenvalue weighted by Gasteiger charge is 2.28. The molecule has 0 radical (unpaired) electrons. The number of nitrogens with one attached hydrogen (secondary N) is 1. The normalized spacial score (nSPS) is 18.0. The maximum Gasteiger partial charge on any atom is 0.220 e. The van der Waals surface area contributed by atoms with E-state index in [-0.39, 0.29) is 11.9 Å². The Labute approximate surface area is 130 Å². The number of rotatable bonds is 4. The topological polar surface area (TPSA) is 59.8 Å². The molecule has 5 heteroatoms. The number of amides is 1. The Morgan fingerprint density at radius 3 is 2.86 bits per heavy atom. The summed E-state index contributed by atoms with van der Waals surface area (Å²) < 4.78 is 1.89. The van der Waals surface area contributed by atoms with Crippen molar-refractivity contribution in [2.24, 2.45) is 5.92 Å². The van der Waals surface area contributed by atoms with Crippen LogP contribution < -0.4 is 5.32 Å². The van der Waals surface area contributed by atoms with Gasteiger partial charge in [0.25, 0.3) is 0 Å². The lowest BCUT2D eigenvalue weighted by Crippen LogP contribution is -2.21. The monoisotopic (exact) mass is 298 g/mol. The summed E-state index contributed by atoms with van der Waals surface area (Å²) in [6.07, 6.45) is 2.18. The second-order valence-corrected chi connectivity index (χ2v) is 6.39. The van der Waals surface area contributed by atoms with Crippen molar-refractivity contribution >= 4 is 5.91 Å². The Morgan fingerprint density at radius 2 is 2.23 bits per heavy atom. The lowest BCUT2D eigenvalue weighted by molar-refractivity contribution is -0.119. The molecule has 1 saturated heterocycles. The summed E-state index contributed by atoms with van der Waals surface area (Å²) in [6.45, 7) is 6.38. The maximum atomic E-state index is 11.5. The second-order valence-electron chi connectivity index (χ2n) is 6.39. The molecule has 0 bridgehead atoms. The molecular weight excluding hydrogens is 276 g/mol. The number of carbonyl (C=O) groups is 1. The minimum absolute atomic E-state index is 0.0403. The molecule has 1 amide bonds. The highest BCUT2D eigenvalue weighted by Crippen LogP contribution is 2.25. The van der Waals surface area contributed by atoms with E-state index in [0.29, 0.717) is 12.3 Å². The minimum Gasteiger partial charge on any atom is -0.346 e. The van der Waals surface area contributed by atoms with E-state index in [0.717, 1.165) is 30.2 Å². The van der Waals surface area contributed by atoms with Gasteiger partial charge in [-0.3, -0.25) is 4.79 Å². The van der Waals surface area contributed by atoms with Crippen LogP contribution in [-0.4, -0.2) is 20.7 Å². The molecule has 5 nitrogen and oxygen atoms in total. The van der Waals surface area contributed by atoms with Crippen LogP contribution in [0.5, 0.6) is 0 Å². The number of hydrogen-bond acceptors (Lipinski definition) is 3. The Bertz CT molecular complexity index is 690. The zero-order valence-corrected chi connectivity index (χ0v) is 13.3. The van der Waals surface area contributed by atoms with E-state index in [9.17, 15) is 4.79 Å². The zero-order valence-electron chi connectivity index (χ0n) is 13.3. The molecule has 1 aromatic heterocycles. The number of aryl methyl sites for hydroxylation is 1. The first-order chi connectivity index (χ1) is 10.5. The summed E-state index contributed by atoms with van der Waals surface area (Å²) in [4.78, 5) is 16.3. The highest BCUT2D eigenvalue weighted by molar-refractivity contribution is 5.78. The van der Waals surface area contributed by atoms with E-state index in [4.69, 9.17) is 4.98 Å². The molecule has 0 spiro atoms. The summed E-state index contributed by atoms with van der Waals surface area (Å²) in [6, 6.07) is 8.16. The first kappa shape index (κ1) is 14.8. The number of carbonyl (C=O) groups excluding carboxylic acids is 1. The zero-order chi connectivity index (χ0) is 15.7. The molecule has 1 aliphatic heterocycles. The molecule has 3 rings (SSSR count). The summed E-state index contributed by atoms with van der Waals surface area (Å²) in [5.41, 5.74) is 2.18. The van der Waals surface area contributed by atoms with Crippen LogP contribution in [0.1, 0.15) is 49.9 Å². The SMILES string of the molecule is Cc1cccc(-n2nc(CC(C)C)nc2[C@H]2CCC(=O)N2)c1. The number of hydrogen-bond donors (Lipinski definition) is 1. The van der Waals surface area contributed by atoms with Crippen LogP contribution in [0.3, 0.4) is 0 Å². The van der Waals surface area contributed by atoms with E-state index in [1.807, 2.05) is 16.8 Å². The fraction of sp³-hybridized carbons (Fsp3) is 0.471. The molecule has 2 aromatic rings. The van der Waals surface area contributed by atoms with Gasteiger partial charge in [-0.1, -0.05) is 26.0 Å². The van der Waals surface area contributed by atoms with E-state index in [1.54, 1.807) is 0 Å². The summed E-state index contributed by atoms with van der Waals surface area (Å²) in [5.74, 6) is 2.27. The standard InChI is InChI=1S/C17H22N4O/c1-11(2)9-15-19-17(14-7-8-16(22)18-14)21(20-15)13-6-4-5-12(3)10-13/h4-6,10-11,14H,7-9H2,1-3H3,(H,18,22)/t14-/m1/s1. The van der Waals surface area contributed by atoms with Gasteiger partial charge in [-0.15, -0.1) is 0 Å². The lowest BCUT2D eigenvalue weighted by Gasteiger charge is -2.11. The van der Waals surface area contributed by atoms with Crippen molar-refractivity contribution < 1.29 is 4.79 Å². The van der Waals surface area contributed by atoms with Crippen molar-refractivity contribution in [2.75, 3.05) is 0 Å². The quantitative estimate of drug-likeness (QED) is 0.944. The van der Waals surface area contributed by atoms with Crippen molar-refractivity contribution in [3.05, 3.63) is 41.5 Å². The summed E-state index contributed by atoms with van der Waals surface area (Å²) >= 11 is 0. The van der Waals surface area contributed by atoms with Gasteiger partial charge in [0.1, 0.15) is 0 Å². The number of nitrogens with zero attached hydrogens (tertiary/aromatic N) is 3. The Hall–Kier alpha value is -2.17. The molecule has 22 heavy (non-hydrogen) atoms. The fourth-order valence-corrected chi connectivity index (χ4v) is 2.80. The van der Waals surface area contributed by atoms with E-state index in [2.05, 4.69) is 43.3 Å². The van der Waals surface area contributed by atoms with Crippen molar-refractivity contribution in [3.8, 4) is 5.69 Å². The second kappa shape index (κ2) is 5.91. The summed E-state index contributed by atoms with van der Waals surface area (Å²) in [5, 5.41) is 7.68. The van der Waals surface area contributed by atoms with Crippen molar-refractivity contribution in [2.45, 2.75) is 46.1 Å². The highest BCUT2D eigenvalue weighted by atomic mass is 16.1. The molecular formula is C17H22N4O. The van der Waals surface area contributed by atoms with Gasteiger partial charge in [0, 0.05) is 12.8 Å². The molecule has 0 aliphatic carbocycles. The molecule has 0 unspecified atom stereocenters. The van der Waals surface area contributed by atoms with Crippen LogP contribution in [0, 0.1) is 12.8 Å². The van der Waals surface area contributed by atoms with Gasteiger partial charge >= 0.3 is 0 Å². The van der Waals surface area contributed by atoms with Crippen molar-refractivity contribution in [1.82, 2.24) is 20.1 Å². The molecule has 1 N–H and O–H groups in total. The van der Waals surface area contributed by atoms with Gasteiger partial charge < -0.3 is 5.32 Å². The molecule has 1 aliphatic rings. The third kappa shape index (κ3) is 3.03. The van der Waals surface area contributed by atoms with Crippen LogP contribution in [0.4, 0.5) is 0 Å². The average Bonchev–Trinajstić information content (AvgIpc) is 3.04.